The summed E-state index contributed by atoms with van der Waals surface area (Å²) in [5.74, 6) is 6.09. The van der Waals surface area contributed by atoms with Gasteiger partial charge in [0.05, 0.1) is 45.4 Å². The van der Waals surface area contributed by atoms with Crippen LogP contribution in [0.5, 0.6) is 0 Å². The van der Waals surface area contributed by atoms with E-state index in [2.05, 4.69) is 78.0 Å². The third kappa shape index (κ3) is 11.9. The monoisotopic (exact) mass is 1040 g/mol. The number of aromatic amines is 1. The Morgan fingerprint density at radius 2 is 1.11 bits per heavy atom. The number of hydrogen-bond donors (Lipinski definition) is 5. The minimum atomic E-state index is -0.838. The minimum Gasteiger partial charge on any atom is -0.392 e. The van der Waals surface area contributed by atoms with E-state index in [-0.39, 0.29) is 45.8 Å². The van der Waals surface area contributed by atoms with Gasteiger partial charge in [0.15, 0.2) is 0 Å². The molecule has 0 spiro atoms. The van der Waals surface area contributed by atoms with Gasteiger partial charge in [0.25, 0.3) is 11.8 Å². The van der Waals surface area contributed by atoms with Crippen molar-refractivity contribution >= 4 is 41.0 Å². The highest BCUT2D eigenvalue weighted by Crippen LogP contribution is 2.39. The van der Waals surface area contributed by atoms with Crippen molar-refractivity contribution in [3.63, 3.8) is 0 Å². The lowest BCUT2D eigenvalue weighted by atomic mass is 9.74. The first kappa shape index (κ1) is 54.2. The van der Waals surface area contributed by atoms with Crippen LogP contribution in [0.2, 0.25) is 0 Å². The zero-order valence-electron chi connectivity index (χ0n) is 44.2. The molecule has 76 heavy (non-hydrogen) atoms. The first-order valence-electron chi connectivity index (χ1n) is 25.3. The fourth-order valence-corrected chi connectivity index (χ4v) is 9.92. The summed E-state index contributed by atoms with van der Waals surface area (Å²) in [6.07, 6.45) is 5.96. The molecule has 3 amide bonds. The van der Waals surface area contributed by atoms with Gasteiger partial charge in [-0.1, -0.05) is 36.4 Å². The van der Waals surface area contributed by atoms with Gasteiger partial charge in [-0.15, -0.1) is 5.10 Å². The Morgan fingerprint density at radius 3 is 1.54 bits per heavy atom. The van der Waals surface area contributed by atoms with E-state index in [4.69, 9.17) is 20.2 Å². The molecule has 400 valence electrons. The number of anilines is 4. The van der Waals surface area contributed by atoms with Crippen molar-refractivity contribution in [2.45, 2.75) is 110 Å². The molecule has 2 aliphatic rings. The molecule has 19 nitrogen and oxygen atoms in total. The Kier molecular flexibility index (Phi) is 15.7. The lowest BCUT2D eigenvalue weighted by Gasteiger charge is -2.40. The van der Waals surface area contributed by atoms with E-state index in [9.17, 15) is 28.0 Å². The number of nitrogens with two attached hydrogens (primary N) is 1. The number of nitrogens with one attached hydrogen (secondary N) is 4. The maximum absolute atomic E-state index is 14.6. The van der Waals surface area contributed by atoms with E-state index in [0.29, 0.717) is 87.5 Å². The Morgan fingerprint density at radius 1 is 0.658 bits per heavy atom. The van der Waals surface area contributed by atoms with E-state index in [1.807, 2.05) is 57.9 Å². The lowest BCUT2D eigenvalue weighted by molar-refractivity contribution is -0.133. The number of pyridine rings is 2. The summed E-state index contributed by atoms with van der Waals surface area (Å²) in [6, 6.07) is 24.7. The maximum Gasteiger partial charge on any atom is 0.434 e. The van der Waals surface area contributed by atoms with Gasteiger partial charge in [0.1, 0.15) is 34.9 Å². The molecule has 5 aromatic heterocycles. The van der Waals surface area contributed by atoms with Crippen LogP contribution in [0.3, 0.4) is 0 Å². The molecule has 0 radical (unpaired) electrons. The van der Waals surface area contributed by atoms with Gasteiger partial charge in [-0.3, -0.25) is 19.8 Å². The molecule has 2 fully saturated rings. The second kappa shape index (κ2) is 22.0. The van der Waals surface area contributed by atoms with Crippen molar-refractivity contribution in [2.75, 3.05) is 36.8 Å². The van der Waals surface area contributed by atoms with Crippen LogP contribution in [0.1, 0.15) is 116 Å². The number of amides is 3. The van der Waals surface area contributed by atoms with Crippen LogP contribution in [-0.4, -0.2) is 93.4 Å². The Labute approximate surface area is 439 Å². The summed E-state index contributed by atoms with van der Waals surface area (Å²) >= 11 is 0. The molecule has 21 heteroatoms. The van der Waals surface area contributed by atoms with Gasteiger partial charge in [-0.25, -0.2) is 43.8 Å². The molecule has 7 aromatic rings. The number of aromatic nitrogens is 8. The Bertz CT molecular complexity index is 3260. The fourth-order valence-electron chi connectivity index (χ4n) is 9.92. The lowest BCUT2D eigenvalue weighted by Crippen LogP contribution is -2.52. The number of likely N-dealkylation sites (tertiary alicyclic amines) is 2. The normalized spacial score (nSPS) is 15.4. The SMILES string of the molecule is Cc1cccc(C(=O)N2CCC(Cc3cccc(Nc4ccnn4C(C)(C)C)n3)(C(=O)NN)CC2)c1F.Cc1cccc(C(=O)N2CCC(Cc3cccc(Nc4ccnn4C(C)(C)C)n3)(c3n[nH]c(=O)o3)CC2)c1F. The number of carbonyl (C=O) groups is 3. The number of carbonyl (C=O) groups excluding carboxylic acids is 3. The van der Waals surface area contributed by atoms with Gasteiger partial charge in [0.2, 0.25) is 11.8 Å². The molecular weight excluding hydrogens is 975 g/mol. The Balaban J connectivity index is 0.000000202. The molecule has 6 N–H and O–H groups in total. The van der Waals surface area contributed by atoms with Crippen molar-refractivity contribution in [3.8, 4) is 0 Å². The predicted molar refractivity (Wildman–Crippen MR) is 283 cm³/mol. The number of hydrazine groups is 1. The number of nitrogens with zero attached hydrogens (tertiary/aromatic N) is 9. The highest BCUT2D eigenvalue weighted by Gasteiger charge is 2.44. The zero-order chi connectivity index (χ0) is 54.6. The van der Waals surface area contributed by atoms with Crippen molar-refractivity contribution < 1.29 is 27.6 Å². The van der Waals surface area contributed by atoms with Crippen LogP contribution in [0.4, 0.5) is 32.1 Å². The van der Waals surface area contributed by atoms with Crippen LogP contribution in [0.25, 0.3) is 0 Å². The van der Waals surface area contributed by atoms with Gasteiger partial charge in [-0.05, 0) is 129 Å². The second-order valence-corrected chi connectivity index (χ2v) is 21.6. The number of rotatable bonds is 12. The topological polar surface area (TPSA) is 240 Å². The van der Waals surface area contributed by atoms with Crippen LogP contribution >= 0.6 is 0 Å². The minimum absolute atomic E-state index is 0.0470. The largest absolute Gasteiger partial charge is 0.434 e. The van der Waals surface area contributed by atoms with Crippen molar-refractivity contribution in [3.05, 3.63) is 159 Å². The summed E-state index contributed by atoms with van der Waals surface area (Å²) in [7, 11) is 0. The average molecular weight is 1040 g/mol. The second-order valence-electron chi connectivity index (χ2n) is 21.6. The standard InChI is InChI=1S/C28H32FN7O3.C27H34FN7O2/c1-18-7-5-9-20(23(18)29)24(37)35-15-12-28(13-16-35,25-33-34-26(38)39-25)17-19-8-6-10-21(31-19)32-22-11-14-30-36(22)27(2,3)4;1-18-7-5-9-20(23(18)28)24(36)34-15-12-27(13-16-34,25(37)33-29)17-19-8-6-10-21(31-19)32-22-11-14-30-35(22)26(2,3)4/h5-11,14H,12-13,15-17H2,1-4H3,(H,31,32)(H,34,38);5-11,14H,12-13,15-17,29H2,1-4H3,(H,31,32)(H,33,37). The third-order valence-corrected chi connectivity index (χ3v) is 14.1. The van der Waals surface area contributed by atoms with Crippen molar-refractivity contribution in [1.82, 2.24) is 55.0 Å². The smallest absolute Gasteiger partial charge is 0.392 e. The van der Waals surface area contributed by atoms with Crippen LogP contribution in [0.15, 0.2) is 107 Å². The first-order chi connectivity index (χ1) is 36.1. The molecule has 7 heterocycles. The number of benzene rings is 2. The molecule has 2 aromatic carbocycles. The predicted octanol–water partition coefficient (Wildman–Crippen LogP) is 8.00. The molecule has 2 aliphatic heterocycles. The third-order valence-electron chi connectivity index (χ3n) is 14.1. The molecule has 0 bridgehead atoms. The van der Waals surface area contributed by atoms with Gasteiger partial charge in [0, 0.05) is 62.5 Å². The molecule has 0 unspecified atom stereocenters. The van der Waals surface area contributed by atoms with Gasteiger partial charge < -0.3 is 24.9 Å². The van der Waals surface area contributed by atoms with E-state index >= 15 is 0 Å². The molecule has 2 saturated heterocycles. The molecule has 0 aliphatic carbocycles. The summed E-state index contributed by atoms with van der Waals surface area (Å²) in [5, 5.41) is 22.0. The summed E-state index contributed by atoms with van der Waals surface area (Å²) < 4.78 is 38.4. The average Bonchev–Trinajstić information content (AvgIpc) is 4.18. The number of H-pyrrole nitrogens is 1. The Hall–Kier alpha value is -8.07. The van der Waals surface area contributed by atoms with Crippen molar-refractivity contribution in [2.24, 2.45) is 11.3 Å². The van der Waals surface area contributed by atoms with Gasteiger partial charge in [-0.2, -0.15) is 10.2 Å². The summed E-state index contributed by atoms with van der Waals surface area (Å²) in [5.41, 5.74) is 2.83. The van der Waals surface area contributed by atoms with Crippen molar-refractivity contribution in [1.29, 1.82) is 0 Å². The molecule has 0 atom stereocenters. The highest BCUT2D eigenvalue weighted by atomic mass is 19.1. The number of hydrogen-bond acceptors (Lipinski definition) is 13. The molecular formula is C55H66F2N14O5. The number of halogens is 2. The van der Waals surface area contributed by atoms with Crippen LogP contribution in [-0.2, 0) is 34.1 Å². The summed E-state index contributed by atoms with van der Waals surface area (Å²) in [4.78, 5) is 63.8. The molecule has 0 saturated carbocycles. The summed E-state index contributed by atoms with van der Waals surface area (Å²) in [6.45, 7) is 17.0. The quantitative estimate of drug-likeness (QED) is 0.0443. The van der Waals surface area contributed by atoms with E-state index < -0.39 is 28.2 Å². The number of aryl methyl sites for hydroxylation is 2. The highest BCUT2D eigenvalue weighted by molar-refractivity contribution is 5.95. The van der Waals surface area contributed by atoms with Crippen LogP contribution < -0.4 is 27.7 Å². The maximum atomic E-state index is 14.6. The fraction of sp³-hybridized carbons (Fsp3) is 0.400. The van der Waals surface area contributed by atoms with E-state index in [0.717, 1.165) is 23.0 Å². The van der Waals surface area contributed by atoms with E-state index in [1.165, 1.54) is 12.1 Å². The first-order valence-corrected chi connectivity index (χ1v) is 25.3. The van der Waals surface area contributed by atoms with Crippen LogP contribution in [0, 0.1) is 30.9 Å². The number of piperidine rings is 2. The zero-order valence-corrected chi connectivity index (χ0v) is 44.2. The van der Waals surface area contributed by atoms with Gasteiger partial charge >= 0.3 is 5.76 Å². The molecule has 9 rings (SSSR count). The van der Waals surface area contributed by atoms with E-state index in [1.54, 1.807) is 60.3 Å².